The van der Waals surface area contributed by atoms with Gasteiger partial charge in [-0.2, -0.15) is 0 Å². The molecule has 7 heteroatoms. The van der Waals surface area contributed by atoms with Crippen molar-refractivity contribution in [2.75, 3.05) is 0 Å². The third kappa shape index (κ3) is 2.81. The molecule has 3 rings (SSSR count). The van der Waals surface area contributed by atoms with Crippen LogP contribution in [0.3, 0.4) is 0 Å². The number of hydrogen-bond donors (Lipinski definition) is 3. The second kappa shape index (κ2) is 6.34. The maximum atomic E-state index is 13.0. The number of hydrogen-bond acceptors (Lipinski definition) is 5. The molecule has 0 aromatic heterocycles. The average Bonchev–Trinajstić information content (AvgIpc) is 2.70. The van der Waals surface area contributed by atoms with Crippen LogP contribution in [0.2, 0.25) is 0 Å². The predicted octanol–water partition coefficient (Wildman–Crippen LogP) is 2.21. The zero-order valence-corrected chi connectivity index (χ0v) is 15.4. The molecule has 0 aromatic carbocycles. The number of carbonyl (C=O) groups is 3. The zero-order chi connectivity index (χ0) is 20.0. The molecule has 1 saturated carbocycles. The molecule has 0 aromatic rings. The van der Waals surface area contributed by atoms with Crippen LogP contribution in [0.1, 0.15) is 46.0 Å². The van der Waals surface area contributed by atoms with E-state index in [9.17, 15) is 24.6 Å². The molecule has 146 valence electrons. The summed E-state index contributed by atoms with van der Waals surface area (Å²) in [5.41, 5.74) is -3.21. The molecule has 1 saturated heterocycles. The first-order chi connectivity index (χ1) is 12.6. The summed E-state index contributed by atoms with van der Waals surface area (Å²) in [6.07, 6.45) is 7.63. The zero-order valence-electron chi connectivity index (χ0n) is 15.4. The Kier molecular flexibility index (Phi) is 4.54. The first-order valence-electron chi connectivity index (χ1n) is 9.03. The minimum atomic E-state index is -1.36. The van der Waals surface area contributed by atoms with Gasteiger partial charge in [0.1, 0.15) is 11.0 Å². The van der Waals surface area contributed by atoms with Gasteiger partial charge in [0.25, 0.3) is 0 Å². The van der Waals surface area contributed by atoms with Crippen molar-refractivity contribution < 1.29 is 34.4 Å². The van der Waals surface area contributed by atoms with Crippen LogP contribution in [0.4, 0.5) is 0 Å². The number of ether oxygens (including phenoxy) is 1. The van der Waals surface area contributed by atoms with Gasteiger partial charge in [-0.05, 0) is 52.0 Å². The first-order valence-corrected chi connectivity index (χ1v) is 9.03. The fraction of sp³-hybridized carbons (Fsp3) is 0.550. The number of aliphatic hydroxyl groups is 1. The van der Waals surface area contributed by atoms with Crippen molar-refractivity contribution in [3.63, 3.8) is 0 Å². The number of allylic oxidation sites excluding steroid dienone is 3. The number of carboxylic acid groups (broad SMARTS) is 2. The number of rotatable bonds is 4. The van der Waals surface area contributed by atoms with Crippen molar-refractivity contribution in [2.24, 2.45) is 11.3 Å². The van der Waals surface area contributed by atoms with Crippen LogP contribution in [0, 0.1) is 11.3 Å². The second-order valence-corrected chi connectivity index (χ2v) is 7.92. The summed E-state index contributed by atoms with van der Waals surface area (Å²) in [5, 5.41) is 29.8. The number of carbonyl (C=O) groups excluding carboxylic acids is 1. The maximum Gasteiger partial charge on any atom is 0.331 e. The van der Waals surface area contributed by atoms with Crippen LogP contribution >= 0.6 is 0 Å². The van der Waals surface area contributed by atoms with Gasteiger partial charge < -0.3 is 20.1 Å². The van der Waals surface area contributed by atoms with Crippen LogP contribution < -0.4 is 0 Å². The summed E-state index contributed by atoms with van der Waals surface area (Å²) in [5.74, 6) is -2.98. The molecule has 1 aliphatic heterocycles. The van der Waals surface area contributed by atoms with E-state index in [-0.39, 0.29) is 36.3 Å². The molecule has 0 amide bonds. The molecule has 2 bridgehead atoms. The molecular formula is C20H24O7. The third-order valence-electron chi connectivity index (χ3n) is 6.52. The van der Waals surface area contributed by atoms with Gasteiger partial charge in [0.15, 0.2) is 0 Å². The molecule has 2 aliphatic carbocycles. The molecule has 2 fully saturated rings. The monoisotopic (exact) mass is 376 g/mol. The van der Waals surface area contributed by atoms with E-state index in [1.165, 1.54) is 19.1 Å². The van der Waals surface area contributed by atoms with Gasteiger partial charge >= 0.3 is 17.9 Å². The highest BCUT2D eigenvalue weighted by Gasteiger charge is 2.71. The minimum absolute atomic E-state index is 0.140. The molecular weight excluding hydrogens is 352 g/mol. The van der Waals surface area contributed by atoms with E-state index in [4.69, 9.17) is 9.84 Å². The first kappa shape index (κ1) is 19.4. The predicted molar refractivity (Wildman–Crippen MR) is 94.7 cm³/mol. The summed E-state index contributed by atoms with van der Waals surface area (Å²) >= 11 is 0. The molecule has 4 unspecified atom stereocenters. The number of carboxylic acids is 2. The second-order valence-electron chi connectivity index (χ2n) is 7.92. The van der Waals surface area contributed by atoms with Crippen molar-refractivity contribution in [1.29, 1.82) is 0 Å². The summed E-state index contributed by atoms with van der Waals surface area (Å²) in [6.45, 7) is 3.17. The van der Waals surface area contributed by atoms with Crippen LogP contribution in [0.25, 0.3) is 0 Å². The molecule has 3 aliphatic rings. The van der Waals surface area contributed by atoms with E-state index in [0.29, 0.717) is 12.8 Å². The standard InChI is InChI=1S/C20H24O7/c1-12(15(21)22)4-3-8-18(2)14-7-10-19(17(25)27-18)9-5-13(16(23)24)6-11-20(14,19)26/h3-5,8,14,26H,6-7,9-11H2,1-2H3,(H,21,22)(H,23,24)/b8-3+,12-4+. The van der Waals surface area contributed by atoms with Crippen LogP contribution in [-0.2, 0) is 19.1 Å². The van der Waals surface area contributed by atoms with Crippen molar-refractivity contribution in [3.05, 3.63) is 35.5 Å². The Bertz CT molecular complexity index is 792. The van der Waals surface area contributed by atoms with Crippen molar-refractivity contribution in [1.82, 2.24) is 0 Å². The van der Waals surface area contributed by atoms with E-state index < -0.39 is 34.5 Å². The van der Waals surface area contributed by atoms with Gasteiger partial charge in [-0.1, -0.05) is 18.2 Å². The van der Waals surface area contributed by atoms with Gasteiger partial charge in [0.05, 0.1) is 5.60 Å². The number of esters is 1. The topological polar surface area (TPSA) is 121 Å². The molecule has 0 radical (unpaired) electrons. The van der Waals surface area contributed by atoms with Gasteiger partial charge in [0, 0.05) is 17.1 Å². The lowest BCUT2D eigenvalue weighted by Gasteiger charge is -2.52. The highest BCUT2D eigenvalue weighted by atomic mass is 16.6. The molecule has 3 N–H and O–H groups in total. The number of cyclic esters (lactones) is 1. The molecule has 1 heterocycles. The van der Waals surface area contributed by atoms with Gasteiger partial charge in [-0.15, -0.1) is 0 Å². The lowest BCUT2D eigenvalue weighted by Crippen LogP contribution is -2.63. The Morgan fingerprint density at radius 3 is 2.63 bits per heavy atom. The molecule has 27 heavy (non-hydrogen) atoms. The van der Waals surface area contributed by atoms with E-state index in [0.717, 1.165) is 0 Å². The lowest BCUT2D eigenvalue weighted by atomic mass is 9.62. The largest absolute Gasteiger partial charge is 0.478 e. The molecule has 4 atom stereocenters. The number of aliphatic carboxylic acids is 2. The Hall–Kier alpha value is -2.41. The van der Waals surface area contributed by atoms with Crippen LogP contribution in [-0.4, -0.2) is 44.4 Å². The van der Waals surface area contributed by atoms with E-state index >= 15 is 0 Å². The Morgan fingerprint density at radius 1 is 1.30 bits per heavy atom. The van der Waals surface area contributed by atoms with Crippen LogP contribution in [0.15, 0.2) is 35.5 Å². The summed E-state index contributed by atoms with van der Waals surface area (Å²) < 4.78 is 5.74. The van der Waals surface area contributed by atoms with Crippen LogP contribution in [0.5, 0.6) is 0 Å². The van der Waals surface area contributed by atoms with Gasteiger partial charge in [-0.25, -0.2) is 9.59 Å². The normalized spacial score (nSPS) is 38.8. The smallest absolute Gasteiger partial charge is 0.331 e. The highest BCUT2D eigenvalue weighted by Crippen LogP contribution is 2.63. The summed E-state index contributed by atoms with van der Waals surface area (Å²) in [6, 6.07) is 0. The Morgan fingerprint density at radius 2 is 2.00 bits per heavy atom. The maximum absolute atomic E-state index is 13.0. The molecule has 7 nitrogen and oxygen atoms in total. The highest BCUT2D eigenvalue weighted by molar-refractivity contribution is 5.88. The van der Waals surface area contributed by atoms with Gasteiger partial charge in [0.2, 0.25) is 0 Å². The van der Waals surface area contributed by atoms with E-state index in [1.807, 2.05) is 0 Å². The molecule has 0 spiro atoms. The summed E-state index contributed by atoms with van der Waals surface area (Å²) in [4.78, 5) is 35.2. The summed E-state index contributed by atoms with van der Waals surface area (Å²) in [7, 11) is 0. The van der Waals surface area contributed by atoms with E-state index in [2.05, 4.69) is 0 Å². The van der Waals surface area contributed by atoms with Crippen molar-refractivity contribution in [3.8, 4) is 0 Å². The van der Waals surface area contributed by atoms with Gasteiger partial charge in [-0.3, -0.25) is 4.79 Å². The van der Waals surface area contributed by atoms with Crippen molar-refractivity contribution >= 4 is 17.9 Å². The Balaban J connectivity index is 1.97. The quantitative estimate of drug-likeness (QED) is 0.391. The lowest BCUT2D eigenvalue weighted by molar-refractivity contribution is -0.224. The Labute approximate surface area is 157 Å². The fourth-order valence-electron chi connectivity index (χ4n) is 4.89. The SMILES string of the molecule is C/C(=C\C=C\C1(C)OC(=O)C23CC=C(C(=O)O)CCC2(O)C1CC3)C(=O)O. The van der Waals surface area contributed by atoms with Crippen molar-refractivity contribution in [2.45, 2.75) is 57.2 Å². The van der Waals surface area contributed by atoms with E-state index in [1.54, 1.807) is 19.1 Å². The minimum Gasteiger partial charge on any atom is -0.478 e. The average molecular weight is 376 g/mol. The fourth-order valence-corrected chi connectivity index (χ4v) is 4.89. The third-order valence-corrected chi connectivity index (χ3v) is 6.52.